The topological polar surface area (TPSA) is 96.2 Å². The Bertz CT molecular complexity index is 409. The van der Waals surface area contributed by atoms with Gasteiger partial charge >= 0.3 is 0 Å². The highest BCUT2D eigenvalue weighted by atomic mass is 32.1. The monoisotopic (exact) mass is 270 g/mol. The van der Waals surface area contributed by atoms with E-state index in [4.69, 9.17) is 5.84 Å². The van der Waals surface area contributed by atoms with Gasteiger partial charge in [0.2, 0.25) is 5.91 Å². The van der Waals surface area contributed by atoms with Gasteiger partial charge in [0.25, 0.3) is 0 Å². The summed E-state index contributed by atoms with van der Waals surface area (Å²) in [5.41, 5.74) is 3.39. The smallest absolute Gasteiger partial charge is 0.237 e. The number of rotatable bonds is 4. The van der Waals surface area contributed by atoms with Crippen molar-refractivity contribution >= 4 is 22.4 Å². The lowest BCUT2D eigenvalue weighted by atomic mass is 10.0. The van der Waals surface area contributed by atoms with Crippen molar-refractivity contribution in [3.63, 3.8) is 0 Å². The number of hydrogen-bond donors (Lipinski definition) is 3. The average Bonchev–Trinajstić information content (AvgIpc) is 2.86. The van der Waals surface area contributed by atoms with Crippen molar-refractivity contribution in [2.45, 2.75) is 31.8 Å². The fourth-order valence-electron chi connectivity index (χ4n) is 2.26. The van der Waals surface area contributed by atoms with Crippen LogP contribution in [-0.4, -0.2) is 40.0 Å². The normalized spacial score (nSPS) is 20.7. The number of carbonyl (C=O) groups excluding carboxylic acids is 1. The lowest BCUT2D eigenvalue weighted by molar-refractivity contribution is -0.127. The summed E-state index contributed by atoms with van der Waals surface area (Å²) in [7, 11) is 1.67. The predicted molar refractivity (Wildman–Crippen MR) is 69.8 cm³/mol. The van der Waals surface area contributed by atoms with Gasteiger partial charge in [-0.3, -0.25) is 9.69 Å². The Balaban J connectivity index is 2.08. The minimum Gasteiger partial charge on any atom is -0.358 e. The number of nitrogens with one attached hydrogen (secondary N) is 2. The molecule has 0 radical (unpaired) electrons. The number of likely N-dealkylation sites (N-methyl/N-ethyl adjacent to an activating group) is 1. The molecule has 8 heteroatoms. The molecule has 1 fully saturated rings. The summed E-state index contributed by atoms with van der Waals surface area (Å²) in [6, 6.07) is -0.0731. The largest absolute Gasteiger partial charge is 0.358 e. The van der Waals surface area contributed by atoms with Gasteiger partial charge in [0.1, 0.15) is 10.7 Å². The Morgan fingerprint density at radius 3 is 3.17 bits per heavy atom. The minimum atomic E-state index is -0.0731. The van der Waals surface area contributed by atoms with Gasteiger partial charge in [-0.25, -0.2) is 5.84 Å². The van der Waals surface area contributed by atoms with Gasteiger partial charge in [-0.1, -0.05) is 10.9 Å². The molecule has 1 atom stereocenters. The van der Waals surface area contributed by atoms with Crippen LogP contribution in [0.15, 0.2) is 0 Å². The van der Waals surface area contributed by atoms with Gasteiger partial charge in [0, 0.05) is 25.1 Å². The van der Waals surface area contributed by atoms with Crippen LogP contribution in [0.5, 0.6) is 0 Å². The lowest BCUT2D eigenvalue weighted by Crippen LogP contribution is -2.48. The first kappa shape index (κ1) is 13.2. The SMILES string of the molecule is CNC(=O)C1CCCCN1Cc1nnsc1NN. The van der Waals surface area contributed by atoms with E-state index >= 15 is 0 Å². The maximum Gasteiger partial charge on any atom is 0.237 e. The second kappa shape index (κ2) is 6.07. The van der Waals surface area contributed by atoms with Crippen molar-refractivity contribution in [2.24, 2.45) is 5.84 Å². The number of hydrazine groups is 1. The van der Waals surface area contributed by atoms with Crippen LogP contribution in [0.2, 0.25) is 0 Å². The highest BCUT2D eigenvalue weighted by molar-refractivity contribution is 7.10. The Hall–Kier alpha value is -1.25. The summed E-state index contributed by atoms with van der Waals surface area (Å²) in [4.78, 5) is 14.0. The highest BCUT2D eigenvalue weighted by Crippen LogP contribution is 2.23. The van der Waals surface area contributed by atoms with Crippen LogP contribution in [0.4, 0.5) is 5.00 Å². The number of amides is 1. The third-order valence-corrected chi connectivity index (χ3v) is 3.90. The molecule has 2 heterocycles. The third kappa shape index (κ3) is 2.77. The van der Waals surface area contributed by atoms with Crippen LogP contribution in [0, 0.1) is 0 Å². The van der Waals surface area contributed by atoms with Crippen LogP contribution in [0.3, 0.4) is 0 Å². The van der Waals surface area contributed by atoms with E-state index in [1.54, 1.807) is 7.05 Å². The summed E-state index contributed by atoms with van der Waals surface area (Å²) in [5.74, 6) is 5.47. The van der Waals surface area contributed by atoms with Crippen LogP contribution in [-0.2, 0) is 11.3 Å². The van der Waals surface area contributed by atoms with E-state index in [1.165, 1.54) is 11.5 Å². The zero-order valence-electron chi connectivity index (χ0n) is 10.3. The molecule has 1 unspecified atom stereocenters. The van der Waals surface area contributed by atoms with Gasteiger partial charge < -0.3 is 10.7 Å². The number of piperidine rings is 1. The quantitative estimate of drug-likeness (QED) is 0.523. The maximum atomic E-state index is 11.8. The first-order valence-electron chi connectivity index (χ1n) is 5.99. The van der Waals surface area contributed by atoms with Gasteiger partial charge in [0.15, 0.2) is 0 Å². The maximum absolute atomic E-state index is 11.8. The Labute approximate surface area is 110 Å². The molecule has 4 N–H and O–H groups in total. The molecule has 0 saturated carbocycles. The zero-order chi connectivity index (χ0) is 13.0. The molecule has 18 heavy (non-hydrogen) atoms. The van der Waals surface area contributed by atoms with Crippen LogP contribution in [0.1, 0.15) is 25.0 Å². The van der Waals surface area contributed by atoms with Crippen molar-refractivity contribution in [2.75, 3.05) is 19.0 Å². The summed E-state index contributed by atoms with van der Waals surface area (Å²) >= 11 is 1.23. The summed E-state index contributed by atoms with van der Waals surface area (Å²) in [6.07, 6.45) is 3.09. The van der Waals surface area contributed by atoms with Gasteiger partial charge in [0.05, 0.1) is 6.04 Å². The molecule has 1 aliphatic rings. The van der Waals surface area contributed by atoms with Gasteiger partial charge in [-0.15, -0.1) is 5.10 Å². The lowest BCUT2D eigenvalue weighted by Gasteiger charge is -2.33. The molecule has 0 bridgehead atoms. The van der Waals surface area contributed by atoms with Crippen molar-refractivity contribution in [3.05, 3.63) is 5.69 Å². The number of hydrogen-bond acceptors (Lipinski definition) is 7. The number of likely N-dealkylation sites (tertiary alicyclic amines) is 1. The number of anilines is 1. The zero-order valence-corrected chi connectivity index (χ0v) is 11.2. The minimum absolute atomic E-state index is 0.0696. The van der Waals surface area contributed by atoms with Gasteiger partial charge in [-0.2, -0.15) is 0 Å². The molecule has 2 rings (SSSR count). The molecule has 1 amide bonds. The molecular formula is C10H18N6OS. The number of aromatic nitrogens is 2. The van der Waals surface area contributed by atoms with E-state index in [-0.39, 0.29) is 11.9 Å². The second-order valence-corrected chi connectivity index (χ2v) is 5.04. The predicted octanol–water partition coefficient (Wildman–Crippen LogP) is -0.0758. The van der Waals surface area contributed by atoms with Crippen molar-refractivity contribution in [3.8, 4) is 0 Å². The molecule has 0 aromatic carbocycles. The summed E-state index contributed by atoms with van der Waals surface area (Å²) in [5, 5.41) is 7.53. The second-order valence-electron chi connectivity index (χ2n) is 4.29. The van der Waals surface area contributed by atoms with Crippen LogP contribution < -0.4 is 16.6 Å². The molecule has 0 spiro atoms. The fourth-order valence-corrected chi connectivity index (χ4v) is 2.74. The first-order valence-corrected chi connectivity index (χ1v) is 6.77. The summed E-state index contributed by atoms with van der Waals surface area (Å²) < 4.78 is 3.87. The Morgan fingerprint density at radius 1 is 1.61 bits per heavy atom. The van der Waals surface area contributed by atoms with Crippen LogP contribution in [0.25, 0.3) is 0 Å². The summed E-state index contributed by atoms with van der Waals surface area (Å²) in [6.45, 7) is 1.51. The Morgan fingerprint density at radius 2 is 2.44 bits per heavy atom. The van der Waals surface area contributed by atoms with E-state index < -0.39 is 0 Å². The molecular weight excluding hydrogens is 252 g/mol. The molecule has 1 saturated heterocycles. The fraction of sp³-hybridized carbons (Fsp3) is 0.700. The van der Waals surface area contributed by atoms with E-state index in [0.29, 0.717) is 6.54 Å². The van der Waals surface area contributed by atoms with Gasteiger partial charge in [-0.05, 0) is 19.4 Å². The van der Waals surface area contributed by atoms with Crippen molar-refractivity contribution in [1.29, 1.82) is 0 Å². The van der Waals surface area contributed by atoms with E-state index in [0.717, 1.165) is 36.5 Å². The van der Waals surface area contributed by atoms with Crippen molar-refractivity contribution < 1.29 is 4.79 Å². The number of carbonyl (C=O) groups is 1. The molecule has 1 aliphatic heterocycles. The molecule has 1 aromatic rings. The molecule has 100 valence electrons. The van der Waals surface area contributed by atoms with Crippen LogP contribution >= 0.6 is 11.5 Å². The standard InChI is InChI=1S/C10H18N6OS/c1-12-9(17)8-4-2-3-5-16(8)6-7-10(13-11)18-15-14-7/h8,13H,2-6,11H2,1H3,(H,12,17). The molecule has 7 nitrogen and oxygen atoms in total. The molecule has 0 aliphatic carbocycles. The Kier molecular flexibility index (Phi) is 4.45. The number of nitrogens with zero attached hydrogens (tertiary/aromatic N) is 3. The number of nitrogen functional groups attached to an aromatic ring is 1. The average molecular weight is 270 g/mol. The molecule has 1 aromatic heterocycles. The van der Waals surface area contributed by atoms with E-state index in [9.17, 15) is 4.79 Å². The highest BCUT2D eigenvalue weighted by Gasteiger charge is 2.29. The first-order chi connectivity index (χ1) is 8.76. The third-order valence-electron chi connectivity index (χ3n) is 3.20. The van der Waals surface area contributed by atoms with E-state index in [1.807, 2.05) is 0 Å². The number of nitrogens with two attached hydrogens (primary N) is 1. The van der Waals surface area contributed by atoms with Crippen molar-refractivity contribution in [1.82, 2.24) is 19.8 Å². The van der Waals surface area contributed by atoms with E-state index in [2.05, 4.69) is 25.2 Å².